The number of aryl methyl sites for hydroxylation is 1. The molecule has 1 fully saturated rings. The molecule has 0 saturated carbocycles. The van der Waals surface area contributed by atoms with Crippen LogP contribution in [0.2, 0.25) is 0 Å². The van der Waals surface area contributed by atoms with Crippen LogP contribution in [-0.2, 0) is 23.0 Å². The highest BCUT2D eigenvalue weighted by molar-refractivity contribution is 7.91. The van der Waals surface area contributed by atoms with Gasteiger partial charge in [0.2, 0.25) is 10.0 Å². The molecule has 23 heavy (non-hydrogen) atoms. The fraction of sp³-hybridized carbons (Fsp3) is 0.615. The normalized spacial score (nSPS) is 21.6. The molecule has 1 saturated heterocycles. The molecule has 1 atom stereocenters. The molecule has 2 aromatic heterocycles. The predicted molar refractivity (Wildman–Crippen MR) is 86.0 cm³/mol. The van der Waals surface area contributed by atoms with Crippen molar-refractivity contribution in [2.45, 2.75) is 42.4 Å². The van der Waals surface area contributed by atoms with E-state index in [0.29, 0.717) is 11.0 Å². The highest BCUT2D eigenvalue weighted by atomic mass is 32.2. The molecule has 4 heterocycles. The summed E-state index contributed by atoms with van der Waals surface area (Å²) in [6, 6.07) is 0. The van der Waals surface area contributed by atoms with Crippen molar-refractivity contribution < 1.29 is 8.42 Å². The molecule has 2 aliphatic heterocycles. The van der Waals surface area contributed by atoms with Crippen LogP contribution in [0.25, 0.3) is 0 Å². The summed E-state index contributed by atoms with van der Waals surface area (Å²) in [5.74, 6) is 2.46. The molecule has 8 nitrogen and oxygen atoms in total. The number of sulfonamides is 1. The van der Waals surface area contributed by atoms with Crippen LogP contribution in [-0.4, -0.2) is 41.3 Å². The molecule has 0 bridgehead atoms. The van der Waals surface area contributed by atoms with Gasteiger partial charge in [0.25, 0.3) is 0 Å². The summed E-state index contributed by atoms with van der Waals surface area (Å²) >= 11 is 1.13. The van der Waals surface area contributed by atoms with E-state index in [-0.39, 0.29) is 4.21 Å². The lowest BCUT2D eigenvalue weighted by molar-refractivity contribution is 0.473. The summed E-state index contributed by atoms with van der Waals surface area (Å²) in [5.41, 5.74) is 0. The molecule has 2 N–H and O–H groups in total. The lowest BCUT2D eigenvalue weighted by Gasteiger charge is -2.32. The summed E-state index contributed by atoms with van der Waals surface area (Å²) in [6.45, 7) is 2.66. The van der Waals surface area contributed by atoms with E-state index in [0.717, 1.165) is 68.3 Å². The minimum atomic E-state index is -3.68. The number of anilines is 1. The molecular formula is C13H18N6O2S2. The summed E-state index contributed by atoms with van der Waals surface area (Å²) in [6.07, 6.45) is 5.58. The molecule has 0 aliphatic carbocycles. The number of hydrogen-bond donors (Lipinski definition) is 1. The summed E-state index contributed by atoms with van der Waals surface area (Å²) in [4.78, 5) is 6.37. The van der Waals surface area contributed by atoms with Gasteiger partial charge < -0.3 is 9.47 Å². The van der Waals surface area contributed by atoms with Crippen molar-refractivity contribution in [1.82, 2.24) is 19.7 Å². The average Bonchev–Trinajstić information content (AvgIpc) is 3.23. The minimum absolute atomic E-state index is 0.109. The number of fused-ring (bicyclic) bond motifs is 1. The van der Waals surface area contributed by atoms with E-state index in [1.807, 2.05) is 0 Å². The predicted octanol–water partition coefficient (Wildman–Crippen LogP) is 0.712. The van der Waals surface area contributed by atoms with E-state index in [4.69, 9.17) is 5.14 Å². The Labute approximate surface area is 138 Å². The highest BCUT2D eigenvalue weighted by Crippen LogP contribution is 2.33. The van der Waals surface area contributed by atoms with Crippen LogP contribution in [0.4, 0.5) is 5.13 Å². The molecular weight excluding hydrogens is 336 g/mol. The molecule has 4 rings (SSSR count). The number of piperidine rings is 1. The topological polar surface area (TPSA) is 107 Å². The Morgan fingerprint density at radius 1 is 1.26 bits per heavy atom. The largest absolute Gasteiger partial charge is 0.347 e. The van der Waals surface area contributed by atoms with Gasteiger partial charge in [-0.05, 0) is 19.3 Å². The van der Waals surface area contributed by atoms with Gasteiger partial charge in [-0.15, -0.1) is 10.2 Å². The summed E-state index contributed by atoms with van der Waals surface area (Å²) in [7, 11) is -3.68. The third kappa shape index (κ3) is 2.74. The summed E-state index contributed by atoms with van der Waals surface area (Å²) in [5, 5.41) is 14.6. The van der Waals surface area contributed by atoms with Crippen molar-refractivity contribution in [3.05, 3.63) is 17.8 Å². The van der Waals surface area contributed by atoms with Gasteiger partial charge in [0, 0.05) is 32.0 Å². The van der Waals surface area contributed by atoms with Gasteiger partial charge >= 0.3 is 0 Å². The zero-order chi connectivity index (χ0) is 16.0. The smallest absolute Gasteiger partial charge is 0.249 e. The van der Waals surface area contributed by atoms with Crippen LogP contribution in [0.5, 0.6) is 0 Å². The second kappa shape index (κ2) is 5.53. The highest BCUT2D eigenvalue weighted by Gasteiger charge is 2.29. The zero-order valence-corrected chi connectivity index (χ0v) is 14.2. The van der Waals surface area contributed by atoms with Gasteiger partial charge in [0.1, 0.15) is 11.6 Å². The van der Waals surface area contributed by atoms with Crippen LogP contribution in [0.15, 0.2) is 10.4 Å². The lowest BCUT2D eigenvalue weighted by Crippen LogP contribution is -2.35. The first-order chi connectivity index (χ1) is 11.0. The zero-order valence-electron chi connectivity index (χ0n) is 12.6. The van der Waals surface area contributed by atoms with Crippen LogP contribution < -0.4 is 10.0 Å². The molecule has 0 radical (unpaired) electrons. The Balaban J connectivity index is 1.56. The molecule has 10 heteroatoms. The maximum Gasteiger partial charge on any atom is 0.249 e. The number of aromatic nitrogens is 4. The first-order valence-corrected chi connectivity index (χ1v) is 10.0. The van der Waals surface area contributed by atoms with E-state index in [9.17, 15) is 8.42 Å². The number of hydrogen-bond acceptors (Lipinski definition) is 7. The Hall–Kier alpha value is -1.52. The molecule has 0 aromatic carbocycles. The minimum Gasteiger partial charge on any atom is -0.347 e. The van der Waals surface area contributed by atoms with Crippen molar-refractivity contribution in [2.24, 2.45) is 5.14 Å². The van der Waals surface area contributed by atoms with Gasteiger partial charge in [-0.1, -0.05) is 11.3 Å². The maximum atomic E-state index is 11.4. The van der Waals surface area contributed by atoms with Crippen molar-refractivity contribution in [3.8, 4) is 0 Å². The van der Waals surface area contributed by atoms with Gasteiger partial charge in [0.15, 0.2) is 9.34 Å². The van der Waals surface area contributed by atoms with E-state index >= 15 is 0 Å². The molecule has 0 amide bonds. The first kappa shape index (κ1) is 15.0. The van der Waals surface area contributed by atoms with E-state index in [2.05, 4.69) is 24.6 Å². The Kier molecular flexibility index (Phi) is 3.62. The fourth-order valence-electron chi connectivity index (χ4n) is 3.37. The van der Waals surface area contributed by atoms with Crippen molar-refractivity contribution in [1.29, 1.82) is 0 Å². The second-order valence-electron chi connectivity index (χ2n) is 6.02. The third-order valence-electron chi connectivity index (χ3n) is 4.45. The number of primary sulfonamides is 1. The molecule has 0 spiro atoms. The van der Waals surface area contributed by atoms with Crippen molar-refractivity contribution >= 4 is 26.5 Å². The quantitative estimate of drug-likeness (QED) is 0.870. The second-order valence-corrected chi connectivity index (χ2v) is 8.82. The number of thiazole rings is 1. The fourth-order valence-corrected chi connectivity index (χ4v) is 4.94. The Morgan fingerprint density at radius 2 is 2.13 bits per heavy atom. The SMILES string of the molecule is NS(=O)(=O)c1cnc(N2CCCC(c3nnc4n3CCC4)C2)s1. The molecule has 2 aliphatic rings. The van der Waals surface area contributed by atoms with Gasteiger partial charge in [-0.3, -0.25) is 0 Å². The lowest BCUT2D eigenvalue weighted by atomic mass is 9.97. The van der Waals surface area contributed by atoms with Crippen LogP contribution in [0.3, 0.4) is 0 Å². The summed E-state index contributed by atoms with van der Waals surface area (Å²) < 4.78 is 25.2. The van der Waals surface area contributed by atoms with Crippen LogP contribution in [0, 0.1) is 0 Å². The van der Waals surface area contributed by atoms with Gasteiger partial charge in [-0.25, -0.2) is 18.5 Å². The molecule has 124 valence electrons. The first-order valence-electron chi connectivity index (χ1n) is 7.68. The van der Waals surface area contributed by atoms with Crippen LogP contribution >= 0.6 is 11.3 Å². The van der Waals surface area contributed by atoms with Gasteiger partial charge in [-0.2, -0.15) is 0 Å². The number of nitrogens with two attached hydrogens (primary N) is 1. The maximum absolute atomic E-state index is 11.4. The number of rotatable bonds is 3. The monoisotopic (exact) mass is 354 g/mol. The van der Waals surface area contributed by atoms with E-state index < -0.39 is 10.0 Å². The average molecular weight is 354 g/mol. The van der Waals surface area contributed by atoms with Crippen molar-refractivity contribution in [2.75, 3.05) is 18.0 Å². The number of nitrogens with zero attached hydrogens (tertiary/aromatic N) is 5. The third-order valence-corrected chi connectivity index (χ3v) is 6.91. The molecule has 2 aromatic rings. The van der Waals surface area contributed by atoms with E-state index in [1.165, 1.54) is 6.20 Å². The Morgan fingerprint density at radius 3 is 2.91 bits per heavy atom. The Bertz CT molecular complexity index is 827. The van der Waals surface area contributed by atoms with Gasteiger partial charge in [0.05, 0.1) is 6.20 Å². The van der Waals surface area contributed by atoms with Crippen molar-refractivity contribution in [3.63, 3.8) is 0 Å². The van der Waals surface area contributed by atoms with E-state index in [1.54, 1.807) is 0 Å². The molecule has 1 unspecified atom stereocenters. The van der Waals surface area contributed by atoms with Crippen LogP contribution in [0.1, 0.15) is 36.8 Å². The standard InChI is InChI=1S/C13H18N6O2S2/c14-23(20,21)11-7-15-13(22-11)18-5-1-3-9(8-18)12-17-16-10-4-2-6-19(10)12/h7,9H,1-6,8H2,(H2,14,20,21).